The van der Waals surface area contributed by atoms with Gasteiger partial charge in [0.1, 0.15) is 11.6 Å². The molecule has 1 fully saturated rings. The normalized spacial score (nSPS) is 13.7. The van der Waals surface area contributed by atoms with Crippen molar-refractivity contribution in [2.75, 3.05) is 41.8 Å². The standard InChI is InChI=1S/C18H25N5O7/c1-10(2)29-16(26)14(24)19-12-9-13(23-5-7-28-8-6-23)21-18(20-12)22-15(25)17(27)30-11(3)4/h9-11H,5-8H2,1-4H3,(H2,19,20,21,22,24,25). The minimum atomic E-state index is -1.10. The number of hydrogen-bond donors (Lipinski definition) is 2. The van der Waals surface area contributed by atoms with Crippen molar-refractivity contribution in [3.8, 4) is 0 Å². The Morgan fingerprint density at radius 3 is 2.00 bits per heavy atom. The summed E-state index contributed by atoms with van der Waals surface area (Å²) in [5.74, 6) is -4.21. The molecule has 0 saturated carbocycles. The number of anilines is 3. The zero-order chi connectivity index (χ0) is 22.3. The first-order chi connectivity index (χ1) is 14.2. The van der Waals surface area contributed by atoms with E-state index in [2.05, 4.69) is 20.6 Å². The second-order valence-electron chi connectivity index (χ2n) is 6.85. The highest BCUT2D eigenvalue weighted by molar-refractivity contribution is 6.37. The topological polar surface area (TPSA) is 149 Å². The lowest BCUT2D eigenvalue weighted by Gasteiger charge is -2.28. The summed E-state index contributed by atoms with van der Waals surface area (Å²) in [6, 6.07) is 1.44. The Bertz CT molecular complexity index is 752. The lowest BCUT2D eigenvalue weighted by atomic mass is 10.4. The van der Waals surface area contributed by atoms with E-state index in [4.69, 9.17) is 14.2 Å². The molecule has 2 heterocycles. The molecule has 1 aliphatic rings. The van der Waals surface area contributed by atoms with Gasteiger partial charge in [-0.25, -0.2) is 9.59 Å². The van der Waals surface area contributed by atoms with Crippen LogP contribution < -0.4 is 15.5 Å². The minimum absolute atomic E-state index is 0.0512. The van der Waals surface area contributed by atoms with Gasteiger partial charge >= 0.3 is 23.8 Å². The Morgan fingerprint density at radius 2 is 1.47 bits per heavy atom. The quantitative estimate of drug-likeness (QED) is 0.493. The average molecular weight is 423 g/mol. The second kappa shape index (κ2) is 10.5. The maximum absolute atomic E-state index is 12.1. The molecule has 2 amide bonds. The van der Waals surface area contributed by atoms with Crippen molar-refractivity contribution >= 4 is 41.3 Å². The molecule has 0 atom stereocenters. The highest BCUT2D eigenvalue weighted by atomic mass is 16.6. The first kappa shape index (κ1) is 23.0. The van der Waals surface area contributed by atoms with Crippen LogP contribution in [-0.4, -0.2) is 72.2 Å². The zero-order valence-electron chi connectivity index (χ0n) is 17.3. The van der Waals surface area contributed by atoms with E-state index in [9.17, 15) is 19.2 Å². The van der Waals surface area contributed by atoms with Gasteiger partial charge in [0.15, 0.2) is 0 Å². The Labute approximate surface area is 173 Å². The molecule has 30 heavy (non-hydrogen) atoms. The summed E-state index contributed by atoms with van der Waals surface area (Å²) in [5.41, 5.74) is 0. The number of hydrogen-bond acceptors (Lipinski definition) is 10. The molecular formula is C18H25N5O7. The summed E-state index contributed by atoms with van der Waals surface area (Å²) in [4.78, 5) is 57.6. The highest BCUT2D eigenvalue weighted by Gasteiger charge is 2.23. The molecule has 0 unspecified atom stereocenters. The van der Waals surface area contributed by atoms with E-state index in [1.54, 1.807) is 27.7 Å². The van der Waals surface area contributed by atoms with Crippen molar-refractivity contribution in [1.82, 2.24) is 9.97 Å². The smallest absolute Gasteiger partial charge is 0.397 e. The number of rotatable bonds is 5. The van der Waals surface area contributed by atoms with Crippen LogP contribution in [0, 0.1) is 0 Å². The first-order valence-corrected chi connectivity index (χ1v) is 9.41. The number of nitrogens with zero attached hydrogens (tertiary/aromatic N) is 3. The molecule has 164 valence electrons. The molecule has 0 spiro atoms. The molecule has 2 N–H and O–H groups in total. The van der Waals surface area contributed by atoms with Crippen LogP contribution in [-0.2, 0) is 33.4 Å². The van der Waals surface area contributed by atoms with Gasteiger partial charge in [-0.3, -0.25) is 14.9 Å². The molecular weight excluding hydrogens is 398 g/mol. The predicted octanol–water partition coefficient (Wildman–Crippen LogP) is 0.0934. The van der Waals surface area contributed by atoms with E-state index in [0.717, 1.165) is 0 Å². The van der Waals surface area contributed by atoms with Crippen molar-refractivity contribution < 1.29 is 33.4 Å². The molecule has 1 aromatic rings. The van der Waals surface area contributed by atoms with Crippen molar-refractivity contribution in [2.45, 2.75) is 39.9 Å². The second-order valence-corrected chi connectivity index (χ2v) is 6.85. The van der Waals surface area contributed by atoms with E-state index >= 15 is 0 Å². The number of morpholine rings is 1. The molecule has 0 aromatic carbocycles. The van der Waals surface area contributed by atoms with E-state index in [1.807, 2.05) is 4.90 Å². The third kappa shape index (κ3) is 6.95. The van der Waals surface area contributed by atoms with Crippen LogP contribution >= 0.6 is 0 Å². The molecule has 0 radical (unpaired) electrons. The van der Waals surface area contributed by atoms with Gasteiger partial charge < -0.3 is 24.4 Å². The molecule has 2 rings (SSSR count). The maximum atomic E-state index is 12.1. The number of carbonyl (C=O) groups is 4. The van der Waals surface area contributed by atoms with E-state index in [0.29, 0.717) is 32.1 Å². The van der Waals surface area contributed by atoms with Crippen LogP contribution in [0.1, 0.15) is 27.7 Å². The monoisotopic (exact) mass is 423 g/mol. The summed E-state index contributed by atoms with van der Waals surface area (Å²) >= 11 is 0. The molecule has 12 nitrogen and oxygen atoms in total. The molecule has 1 saturated heterocycles. The Kier molecular flexibility index (Phi) is 8.04. The lowest BCUT2D eigenvalue weighted by molar-refractivity contribution is -0.155. The van der Waals surface area contributed by atoms with Gasteiger partial charge in [-0.2, -0.15) is 9.97 Å². The maximum Gasteiger partial charge on any atom is 0.397 e. The van der Waals surface area contributed by atoms with Crippen molar-refractivity contribution in [3.05, 3.63) is 6.07 Å². The summed E-state index contributed by atoms with van der Waals surface area (Å²) in [7, 11) is 0. The number of esters is 2. The Balaban J connectivity index is 2.24. The SMILES string of the molecule is CC(C)OC(=O)C(=O)Nc1cc(N2CCOCC2)nc(NC(=O)C(=O)OC(C)C)n1. The molecule has 1 aliphatic heterocycles. The van der Waals surface area contributed by atoms with Crippen LogP contribution in [0.15, 0.2) is 6.07 Å². The van der Waals surface area contributed by atoms with E-state index < -0.39 is 36.0 Å². The van der Waals surface area contributed by atoms with Gasteiger partial charge in [-0.05, 0) is 27.7 Å². The molecule has 1 aromatic heterocycles. The van der Waals surface area contributed by atoms with Crippen LogP contribution in [0.2, 0.25) is 0 Å². The molecule has 0 bridgehead atoms. The predicted molar refractivity (Wildman–Crippen MR) is 105 cm³/mol. The number of aromatic nitrogens is 2. The lowest BCUT2D eigenvalue weighted by Crippen LogP contribution is -2.37. The van der Waals surface area contributed by atoms with Crippen LogP contribution in [0.25, 0.3) is 0 Å². The fourth-order valence-electron chi connectivity index (χ4n) is 2.36. The van der Waals surface area contributed by atoms with Crippen LogP contribution in [0.3, 0.4) is 0 Å². The summed E-state index contributed by atoms with van der Waals surface area (Å²) in [5, 5.41) is 4.55. The minimum Gasteiger partial charge on any atom is -0.456 e. The average Bonchev–Trinajstić information content (AvgIpc) is 2.67. The molecule has 0 aliphatic carbocycles. The third-order valence-electron chi connectivity index (χ3n) is 3.57. The van der Waals surface area contributed by atoms with Gasteiger partial charge in [0.2, 0.25) is 5.95 Å². The summed E-state index contributed by atoms with van der Waals surface area (Å²) in [6.07, 6.45) is -0.954. The first-order valence-electron chi connectivity index (χ1n) is 9.41. The van der Waals surface area contributed by atoms with E-state index in [-0.39, 0.29) is 11.8 Å². The van der Waals surface area contributed by atoms with Crippen LogP contribution in [0.4, 0.5) is 17.6 Å². The fraction of sp³-hybridized carbons (Fsp3) is 0.556. The summed E-state index contributed by atoms with van der Waals surface area (Å²) < 4.78 is 15.0. The van der Waals surface area contributed by atoms with E-state index in [1.165, 1.54) is 6.07 Å². The summed E-state index contributed by atoms with van der Waals surface area (Å²) in [6.45, 7) is 8.39. The van der Waals surface area contributed by atoms with Crippen molar-refractivity contribution in [1.29, 1.82) is 0 Å². The molecule has 12 heteroatoms. The van der Waals surface area contributed by atoms with Gasteiger partial charge in [-0.15, -0.1) is 0 Å². The van der Waals surface area contributed by atoms with Gasteiger partial charge in [0, 0.05) is 19.2 Å². The van der Waals surface area contributed by atoms with Gasteiger partial charge in [0.25, 0.3) is 0 Å². The number of amides is 2. The fourth-order valence-corrected chi connectivity index (χ4v) is 2.36. The van der Waals surface area contributed by atoms with Gasteiger partial charge in [0.05, 0.1) is 25.4 Å². The number of carbonyl (C=O) groups excluding carboxylic acids is 4. The number of nitrogens with one attached hydrogen (secondary N) is 2. The van der Waals surface area contributed by atoms with Gasteiger partial charge in [-0.1, -0.05) is 0 Å². The van der Waals surface area contributed by atoms with Crippen molar-refractivity contribution in [2.24, 2.45) is 0 Å². The largest absolute Gasteiger partial charge is 0.456 e. The highest BCUT2D eigenvalue weighted by Crippen LogP contribution is 2.19. The Morgan fingerprint density at radius 1 is 0.933 bits per heavy atom. The van der Waals surface area contributed by atoms with Crippen LogP contribution in [0.5, 0.6) is 0 Å². The van der Waals surface area contributed by atoms with Crippen molar-refractivity contribution in [3.63, 3.8) is 0 Å². The number of ether oxygens (including phenoxy) is 3. The Hall–Kier alpha value is -3.28. The third-order valence-corrected chi connectivity index (χ3v) is 3.57. The zero-order valence-corrected chi connectivity index (χ0v) is 17.3.